The number of nitrogens with one attached hydrogen (secondary N) is 1. The maximum absolute atomic E-state index is 13.9. The van der Waals surface area contributed by atoms with E-state index >= 15 is 0 Å². The molecule has 1 fully saturated rings. The van der Waals surface area contributed by atoms with Gasteiger partial charge in [-0.15, -0.1) is 0 Å². The summed E-state index contributed by atoms with van der Waals surface area (Å²) in [6.07, 6.45) is 2.43. The van der Waals surface area contributed by atoms with Gasteiger partial charge in [0.05, 0.1) is 23.1 Å². The molecule has 0 radical (unpaired) electrons. The van der Waals surface area contributed by atoms with Gasteiger partial charge in [-0.25, -0.2) is 9.97 Å². The lowest BCUT2D eigenvalue weighted by atomic mass is 9.48. The zero-order valence-corrected chi connectivity index (χ0v) is 23.3. The number of halogens is 2. The summed E-state index contributed by atoms with van der Waals surface area (Å²) in [5.74, 6) is 1.55. The minimum atomic E-state index is -3.00. The molecule has 4 aromatic rings. The number of benzene rings is 2. The van der Waals surface area contributed by atoms with Crippen LogP contribution in [-0.4, -0.2) is 86.9 Å². The fraction of sp³-hybridized carbons (Fsp3) is 0.321. The molecule has 0 unspecified atom stereocenters. The first-order valence-corrected chi connectivity index (χ1v) is 14.1. The van der Waals surface area contributed by atoms with Crippen molar-refractivity contribution in [3.63, 3.8) is 0 Å². The van der Waals surface area contributed by atoms with Crippen LogP contribution in [0.25, 0.3) is 22.2 Å². The Morgan fingerprint density at radius 1 is 1.02 bits per heavy atom. The molecule has 7 rings (SSSR count). The smallest absolute Gasteiger partial charge is 0.387 e. The first kappa shape index (κ1) is 26.1. The van der Waals surface area contributed by atoms with Crippen molar-refractivity contribution in [1.29, 1.82) is 0 Å². The van der Waals surface area contributed by atoms with Gasteiger partial charge in [0.25, 0.3) is 5.91 Å². The molecule has 0 spiro atoms. The normalized spacial score (nSPS) is 20.3. The average Bonchev–Trinajstić information content (AvgIpc) is 3.45. The van der Waals surface area contributed by atoms with Gasteiger partial charge in [-0.05, 0) is 47.2 Å². The maximum atomic E-state index is 13.9. The average molecular weight is 552 g/mol. The molecule has 1 amide bonds. The first-order valence-electron chi connectivity index (χ1n) is 14.1. The molecule has 0 aliphatic carbocycles. The largest absolute Gasteiger partial charge is 0.434 e. The van der Waals surface area contributed by atoms with Crippen LogP contribution in [0.5, 0.6) is 5.75 Å². The van der Waals surface area contributed by atoms with Crippen LogP contribution in [0.15, 0.2) is 54.7 Å². The monoisotopic (exact) mass is 552 g/mol. The molecule has 3 aliphatic rings. The number of carbonyl (C=O) groups is 1. The number of ether oxygens (including phenoxy) is 1. The summed E-state index contributed by atoms with van der Waals surface area (Å²) in [7, 11) is 5.97. The molecule has 1 N–H and O–H groups in total. The van der Waals surface area contributed by atoms with Crippen molar-refractivity contribution in [3.8, 4) is 16.9 Å². The van der Waals surface area contributed by atoms with Crippen molar-refractivity contribution in [2.45, 2.75) is 30.4 Å². The van der Waals surface area contributed by atoms with Gasteiger partial charge in [-0.3, -0.25) is 4.79 Å². The summed E-state index contributed by atoms with van der Waals surface area (Å²) in [6, 6.07) is 14.4. The van der Waals surface area contributed by atoms with Gasteiger partial charge in [-0.2, -0.15) is 8.78 Å². The van der Waals surface area contributed by atoms with E-state index in [9.17, 15) is 13.6 Å². The molecule has 13 heteroatoms. The van der Waals surface area contributed by atoms with Crippen molar-refractivity contribution in [2.24, 2.45) is 0 Å². The van der Waals surface area contributed by atoms with Gasteiger partial charge in [-0.1, -0.05) is 12.1 Å². The molecular weight excluding hydrogens is 523 g/mol. The fourth-order valence-corrected chi connectivity index (χ4v) is 6.70. The van der Waals surface area contributed by atoms with E-state index < -0.39 is 11.8 Å². The minimum absolute atomic E-state index is 0.0314. The lowest BCUT2D eigenvalue weighted by Crippen LogP contribution is -2.54. The molecule has 3 aliphatic heterocycles. The Morgan fingerprint density at radius 2 is 1.80 bits per heavy atom. The summed E-state index contributed by atoms with van der Waals surface area (Å²) in [5, 5.41) is 2.84. The van der Waals surface area contributed by atoms with Crippen molar-refractivity contribution < 1.29 is 18.3 Å². The second kappa shape index (κ2) is 9.61. The number of imidazole rings is 1. The molecule has 41 heavy (non-hydrogen) atoms. The summed E-state index contributed by atoms with van der Waals surface area (Å²) in [4.78, 5) is 27.8. The van der Waals surface area contributed by atoms with E-state index in [1.165, 1.54) is 6.07 Å². The third-order valence-corrected chi connectivity index (χ3v) is 8.39. The number of anilines is 1. The molecule has 2 atom stereocenters. The lowest BCUT2D eigenvalue weighted by Gasteiger charge is -2.40. The highest BCUT2D eigenvalue weighted by atomic mass is 19.3. The van der Waals surface area contributed by atoms with Crippen LogP contribution in [0.2, 0.25) is 0 Å². The maximum Gasteiger partial charge on any atom is 0.387 e. The second-order valence-corrected chi connectivity index (χ2v) is 11.9. The number of piperazine rings is 1. The molecule has 5 heterocycles. The molecule has 8 nitrogen and oxygen atoms in total. The van der Waals surface area contributed by atoms with Crippen LogP contribution in [0, 0.1) is 0 Å². The van der Waals surface area contributed by atoms with E-state index in [1.54, 1.807) is 12.1 Å². The Labute approximate surface area is 239 Å². The number of amides is 1. The molecular formula is C28H29B3F2N6O2. The van der Waals surface area contributed by atoms with Crippen molar-refractivity contribution in [1.82, 2.24) is 24.8 Å². The Balaban J connectivity index is 1.37. The third kappa shape index (κ3) is 4.29. The van der Waals surface area contributed by atoms with E-state index in [2.05, 4.69) is 33.0 Å². The highest BCUT2D eigenvalue weighted by molar-refractivity contribution is 6.60. The van der Waals surface area contributed by atoms with Gasteiger partial charge >= 0.3 is 6.61 Å². The number of rotatable bonds is 5. The van der Waals surface area contributed by atoms with Crippen LogP contribution in [0.1, 0.15) is 40.3 Å². The van der Waals surface area contributed by atoms with Gasteiger partial charge in [0.15, 0.2) is 0 Å². The summed E-state index contributed by atoms with van der Waals surface area (Å²) in [6.45, 7) is 0.740. The molecule has 2 aromatic heterocycles. The van der Waals surface area contributed by atoms with E-state index in [1.807, 2.05) is 46.8 Å². The van der Waals surface area contributed by atoms with Crippen LogP contribution in [0.4, 0.5) is 14.6 Å². The van der Waals surface area contributed by atoms with Gasteiger partial charge in [0, 0.05) is 55.5 Å². The van der Waals surface area contributed by atoms with Gasteiger partial charge < -0.3 is 24.4 Å². The number of alkyl halides is 2. The number of fused-ring (bicyclic) bond motifs is 9. The molecule has 2 aromatic carbocycles. The molecule has 1 saturated heterocycles. The fourth-order valence-electron chi connectivity index (χ4n) is 6.70. The van der Waals surface area contributed by atoms with E-state index in [0.29, 0.717) is 17.5 Å². The van der Waals surface area contributed by atoms with Gasteiger partial charge in [0.1, 0.15) is 40.9 Å². The number of aromatic nitrogens is 3. The van der Waals surface area contributed by atoms with Gasteiger partial charge in [0.2, 0.25) is 0 Å². The third-order valence-electron chi connectivity index (χ3n) is 8.39. The predicted molar refractivity (Wildman–Crippen MR) is 161 cm³/mol. The number of nitrogens with zero attached hydrogens (tertiary/aromatic N) is 5. The van der Waals surface area contributed by atoms with Crippen molar-refractivity contribution in [3.05, 3.63) is 71.7 Å². The van der Waals surface area contributed by atoms with Crippen LogP contribution in [-0.2, 0) is 0 Å². The number of pyridine rings is 1. The van der Waals surface area contributed by atoms with Crippen molar-refractivity contribution in [2.75, 3.05) is 31.1 Å². The lowest BCUT2D eigenvalue weighted by molar-refractivity contribution is -0.0507. The number of carbonyl (C=O) groups excluding carboxylic acids is 1. The Bertz CT molecular complexity index is 1650. The quantitative estimate of drug-likeness (QED) is 0.375. The number of hydrogen-bond acceptors (Lipinski definition) is 6. The summed E-state index contributed by atoms with van der Waals surface area (Å²) in [5.41, 5.74) is 4.52. The SMILES string of the molecule is BC(B)(B)N1C(=O)c2cccc(OC(F)F)c2[C@H]2C[C@@H]1c1nc3ccc(-c4ccc(N5CCNCC5)nc4)cc3n12. The molecule has 2 bridgehead atoms. The second-order valence-electron chi connectivity index (χ2n) is 11.9. The predicted octanol–water partition coefficient (Wildman–Crippen LogP) is 1.11. The topological polar surface area (TPSA) is 75.5 Å². The number of hydrogen-bond donors (Lipinski definition) is 1. The Kier molecular flexibility index (Phi) is 6.11. The first-order chi connectivity index (χ1) is 19.7. The minimum Gasteiger partial charge on any atom is -0.434 e. The highest BCUT2D eigenvalue weighted by Gasteiger charge is 2.48. The van der Waals surface area contributed by atoms with E-state index in [0.717, 1.165) is 60.0 Å². The Hall–Kier alpha value is -3.86. The summed E-state index contributed by atoms with van der Waals surface area (Å²) < 4.78 is 34.2. The highest BCUT2D eigenvalue weighted by Crippen LogP contribution is 2.51. The van der Waals surface area contributed by atoms with E-state index in [-0.39, 0.29) is 23.7 Å². The van der Waals surface area contributed by atoms with E-state index in [4.69, 9.17) is 14.7 Å². The van der Waals surface area contributed by atoms with Crippen LogP contribution < -0.4 is 15.0 Å². The Morgan fingerprint density at radius 3 is 2.51 bits per heavy atom. The van der Waals surface area contributed by atoms with Crippen LogP contribution >= 0.6 is 0 Å². The summed E-state index contributed by atoms with van der Waals surface area (Å²) >= 11 is 0. The van der Waals surface area contributed by atoms with Crippen LogP contribution in [0.3, 0.4) is 0 Å². The standard InChI is InChI=1S/C28H29B3F2N6O2/c29-28(30,31)39-21-13-20(24-17(26(39)40)2-1-3-22(24)41-27(32)33)38-19-12-15(4-6-18(19)36-25(21)38)16-5-7-23(35-14-16)37-10-8-34-9-11-37/h1-7,12,14,20-21,27,34H,8-11,13,29-31H2/t20-,21-/m1/s1. The zero-order chi connectivity index (χ0) is 28.5. The van der Waals surface area contributed by atoms with Crippen molar-refractivity contribution >= 4 is 46.3 Å². The zero-order valence-electron chi connectivity index (χ0n) is 23.3. The molecule has 206 valence electrons. The molecule has 0 saturated carbocycles.